The molecule has 3 saturated heterocycles. The normalized spacial score (nSPS) is 31.6. The SMILES string of the molecule is CCNC(=NCC1CN2CCN1CC2)NC1CC2(CCCC2)Oc2ccccc21.I. The predicted molar refractivity (Wildman–Crippen MR) is 132 cm³/mol. The summed E-state index contributed by atoms with van der Waals surface area (Å²) in [4.78, 5) is 10.2. The maximum atomic E-state index is 6.53. The van der Waals surface area contributed by atoms with Crippen LogP contribution in [0.3, 0.4) is 0 Å². The molecule has 1 aliphatic carbocycles. The van der Waals surface area contributed by atoms with Crippen molar-refractivity contribution in [3.05, 3.63) is 29.8 Å². The Morgan fingerprint density at radius 2 is 1.93 bits per heavy atom. The summed E-state index contributed by atoms with van der Waals surface area (Å²) in [5.41, 5.74) is 1.27. The molecule has 5 aliphatic rings. The van der Waals surface area contributed by atoms with E-state index in [4.69, 9.17) is 9.73 Å². The van der Waals surface area contributed by atoms with Crippen molar-refractivity contribution in [2.75, 3.05) is 45.8 Å². The molecule has 4 heterocycles. The third-order valence-electron chi connectivity index (χ3n) is 7.22. The lowest BCUT2D eigenvalue weighted by Crippen LogP contribution is -2.62. The van der Waals surface area contributed by atoms with Gasteiger partial charge < -0.3 is 15.4 Å². The number of hydrogen-bond donors (Lipinski definition) is 2. The first kappa shape index (κ1) is 22.1. The lowest BCUT2D eigenvalue weighted by atomic mass is 9.86. The number of fused-ring (bicyclic) bond motifs is 4. The average Bonchev–Trinajstić information content (AvgIpc) is 3.20. The van der Waals surface area contributed by atoms with E-state index in [9.17, 15) is 0 Å². The smallest absolute Gasteiger partial charge is 0.191 e. The van der Waals surface area contributed by atoms with E-state index in [-0.39, 0.29) is 35.6 Å². The van der Waals surface area contributed by atoms with E-state index in [2.05, 4.69) is 51.6 Å². The molecule has 4 fully saturated rings. The Bertz CT molecular complexity index is 743. The van der Waals surface area contributed by atoms with E-state index in [1.54, 1.807) is 0 Å². The highest BCUT2D eigenvalue weighted by atomic mass is 127. The summed E-state index contributed by atoms with van der Waals surface area (Å²) in [7, 11) is 0. The molecule has 1 aromatic rings. The first-order valence-electron chi connectivity index (χ1n) is 11.5. The number of benzene rings is 1. The van der Waals surface area contributed by atoms with Gasteiger partial charge in [0, 0.05) is 57.3 Å². The van der Waals surface area contributed by atoms with Gasteiger partial charge in [0.25, 0.3) is 0 Å². The van der Waals surface area contributed by atoms with Crippen LogP contribution >= 0.6 is 24.0 Å². The monoisotopic (exact) mass is 525 g/mol. The summed E-state index contributed by atoms with van der Waals surface area (Å²) in [6.45, 7) is 9.88. The fourth-order valence-corrected chi connectivity index (χ4v) is 5.65. The number of halogens is 1. The molecule has 2 bridgehead atoms. The zero-order chi connectivity index (χ0) is 19.7. The third-order valence-corrected chi connectivity index (χ3v) is 7.22. The van der Waals surface area contributed by atoms with Crippen LogP contribution in [0.15, 0.2) is 29.3 Å². The van der Waals surface area contributed by atoms with Crippen molar-refractivity contribution in [1.82, 2.24) is 20.4 Å². The Hall–Kier alpha value is -1.06. The number of nitrogens with one attached hydrogen (secondary N) is 2. The first-order chi connectivity index (χ1) is 14.2. The molecular formula is C23H36IN5O. The Labute approximate surface area is 197 Å². The zero-order valence-corrected chi connectivity index (χ0v) is 20.4. The molecule has 7 heteroatoms. The second kappa shape index (κ2) is 9.61. The van der Waals surface area contributed by atoms with Gasteiger partial charge in [-0.25, -0.2) is 0 Å². The van der Waals surface area contributed by atoms with Gasteiger partial charge in [-0.2, -0.15) is 0 Å². The van der Waals surface area contributed by atoms with Gasteiger partial charge in [-0.05, 0) is 38.7 Å². The van der Waals surface area contributed by atoms with E-state index < -0.39 is 0 Å². The molecule has 6 nitrogen and oxygen atoms in total. The minimum atomic E-state index is 0. The minimum Gasteiger partial charge on any atom is -0.487 e. The van der Waals surface area contributed by atoms with Crippen LogP contribution in [0.25, 0.3) is 0 Å². The van der Waals surface area contributed by atoms with Gasteiger partial charge in [-0.15, -0.1) is 24.0 Å². The maximum Gasteiger partial charge on any atom is 0.191 e. The topological polar surface area (TPSA) is 52.1 Å². The van der Waals surface area contributed by atoms with E-state index in [1.165, 1.54) is 57.4 Å². The molecule has 166 valence electrons. The molecule has 0 aromatic heterocycles. The van der Waals surface area contributed by atoms with Crippen molar-refractivity contribution in [1.29, 1.82) is 0 Å². The number of guanidine groups is 1. The second-order valence-corrected chi connectivity index (χ2v) is 9.14. The molecule has 2 unspecified atom stereocenters. The molecule has 30 heavy (non-hydrogen) atoms. The van der Waals surface area contributed by atoms with Crippen LogP contribution < -0.4 is 15.4 Å². The predicted octanol–water partition coefficient (Wildman–Crippen LogP) is 3.00. The van der Waals surface area contributed by atoms with E-state index >= 15 is 0 Å². The highest BCUT2D eigenvalue weighted by molar-refractivity contribution is 14.0. The van der Waals surface area contributed by atoms with Gasteiger partial charge in [-0.1, -0.05) is 18.2 Å². The van der Waals surface area contributed by atoms with Crippen molar-refractivity contribution >= 4 is 29.9 Å². The van der Waals surface area contributed by atoms with Gasteiger partial charge >= 0.3 is 0 Å². The van der Waals surface area contributed by atoms with Crippen molar-refractivity contribution < 1.29 is 4.74 Å². The fraction of sp³-hybridized carbons (Fsp3) is 0.696. The standard InChI is InChI=1S/C23H35N5O.HI/c1-2-24-22(25-16-18-17-27-11-13-28(18)14-12-27)26-20-15-23(9-5-6-10-23)29-21-8-4-3-7-19(20)21;/h3-4,7-8,18,20H,2,5-6,9-17H2,1H3,(H2,24,25,26);1H. The van der Waals surface area contributed by atoms with Crippen LogP contribution in [0, 0.1) is 0 Å². The van der Waals surface area contributed by atoms with Gasteiger partial charge in [0.2, 0.25) is 0 Å². The molecule has 0 radical (unpaired) electrons. The highest BCUT2D eigenvalue weighted by Crippen LogP contribution is 2.46. The third kappa shape index (κ3) is 4.58. The van der Waals surface area contributed by atoms with Gasteiger partial charge in [0.15, 0.2) is 5.96 Å². The molecule has 4 aliphatic heterocycles. The van der Waals surface area contributed by atoms with E-state index in [0.29, 0.717) is 6.04 Å². The van der Waals surface area contributed by atoms with Crippen molar-refractivity contribution in [2.45, 2.75) is 56.7 Å². The maximum absolute atomic E-state index is 6.53. The van der Waals surface area contributed by atoms with Gasteiger partial charge in [0.05, 0.1) is 12.6 Å². The van der Waals surface area contributed by atoms with Crippen LogP contribution in [0.1, 0.15) is 50.6 Å². The molecule has 2 atom stereocenters. The summed E-state index contributed by atoms with van der Waals surface area (Å²) < 4.78 is 6.53. The first-order valence-corrected chi connectivity index (χ1v) is 11.5. The number of aliphatic imine (C=N–C) groups is 1. The minimum absolute atomic E-state index is 0. The lowest BCUT2D eigenvalue weighted by Gasteiger charge is -2.47. The van der Waals surface area contributed by atoms with Gasteiger partial charge in [0.1, 0.15) is 11.4 Å². The number of hydrogen-bond acceptors (Lipinski definition) is 4. The summed E-state index contributed by atoms with van der Waals surface area (Å²) in [6.07, 6.45) is 5.91. The van der Waals surface area contributed by atoms with E-state index in [1.807, 2.05) is 0 Å². The number of rotatable bonds is 4. The van der Waals surface area contributed by atoms with Crippen molar-refractivity contribution in [3.8, 4) is 5.75 Å². The quantitative estimate of drug-likeness (QED) is 0.360. The molecule has 1 saturated carbocycles. The van der Waals surface area contributed by atoms with Crippen LogP contribution in [0.4, 0.5) is 0 Å². The fourth-order valence-electron chi connectivity index (χ4n) is 5.65. The molecule has 6 rings (SSSR count). The summed E-state index contributed by atoms with van der Waals surface area (Å²) >= 11 is 0. The molecule has 1 aromatic carbocycles. The Balaban J connectivity index is 0.00000218. The molecule has 1 spiro atoms. The molecule has 2 N–H and O–H groups in total. The van der Waals surface area contributed by atoms with Crippen LogP contribution in [0.5, 0.6) is 5.75 Å². The summed E-state index contributed by atoms with van der Waals surface area (Å²) in [6, 6.07) is 9.35. The van der Waals surface area contributed by atoms with E-state index in [0.717, 1.165) is 37.8 Å². The summed E-state index contributed by atoms with van der Waals surface area (Å²) in [5, 5.41) is 7.26. The number of ether oxygens (including phenoxy) is 1. The largest absolute Gasteiger partial charge is 0.487 e. The lowest BCUT2D eigenvalue weighted by molar-refractivity contribution is 0.0173. The van der Waals surface area contributed by atoms with Crippen molar-refractivity contribution in [3.63, 3.8) is 0 Å². The highest BCUT2D eigenvalue weighted by Gasteiger charge is 2.43. The Kier molecular flexibility index (Phi) is 7.09. The zero-order valence-electron chi connectivity index (χ0n) is 18.1. The number of para-hydroxylation sites is 1. The van der Waals surface area contributed by atoms with Crippen LogP contribution in [-0.2, 0) is 0 Å². The molecule has 0 amide bonds. The second-order valence-electron chi connectivity index (χ2n) is 9.14. The number of nitrogens with zero attached hydrogens (tertiary/aromatic N) is 3. The Morgan fingerprint density at radius 3 is 2.63 bits per heavy atom. The number of piperazine rings is 3. The van der Waals surface area contributed by atoms with Crippen LogP contribution in [-0.4, -0.2) is 73.2 Å². The van der Waals surface area contributed by atoms with Gasteiger partial charge in [-0.3, -0.25) is 14.8 Å². The van der Waals surface area contributed by atoms with Crippen molar-refractivity contribution in [2.24, 2.45) is 4.99 Å². The van der Waals surface area contributed by atoms with Crippen LogP contribution in [0.2, 0.25) is 0 Å². The summed E-state index contributed by atoms with van der Waals surface area (Å²) in [5.74, 6) is 2.00. The average molecular weight is 525 g/mol. The molecular weight excluding hydrogens is 489 g/mol. The Morgan fingerprint density at radius 1 is 1.17 bits per heavy atom.